The first-order valence-electron chi connectivity index (χ1n) is 6.56. The average molecular weight is 279 g/mol. The monoisotopic (exact) mass is 279 g/mol. The number of nitro benzene ring substituents is 1. The average Bonchev–Trinajstić information content (AvgIpc) is 2.38. The molecule has 20 heavy (non-hydrogen) atoms. The number of nitrogens with two attached hydrogens (primary N) is 1. The quantitative estimate of drug-likeness (QED) is 0.637. The minimum atomic E-state index is -0.937. The summed E-state index contributed by atoms with van der Waals surface area (Å²) in [6.45, 7) is 3.82. The van der Waals surface area contributed by atoms with E-state index >= 15 is 0 Å². The fraction of sp³-hybridized carbons (Fsp3) is 0.500. The van der Waals surface area contributed by atoms with Crippen LogP contribution in [0.3, 0.4) is 0 Å². The molecule has 0 bridgehead atoms. The van der Waals surface area contributed by atoms with Gasteiger partial charge in [-0.15, -0.1) is 0 Å². The van der Waals surface area contributed by atoms with Crippen LogP contribution in [-0.4, -0.2) is 28.3 Å². The molecule has 1 aromatic carbocycles. The molecular weight excluding hydrogens is 258 g/mol. The van der Waals surface area contributed by atoms with Crippen molar-refractivity contribution in [3.8, 4) is 0 Å². The van der Waals surface area contributed by atoms with Gasteiger partial charge in [-0.3, -0.25) is 14.9 Å². The maximum Gasteiger partial charge on any atom is 0.274 e. The van der Waals surface area contributed by atoms with Gasteiger partial charge in [-0.05, 0) is 13.3 Å². The molecule has 0 aliphatic rings. The Labute approximate surface area is 118 Å². The van der Waals surface area contributed by atoms with Gasteiger partial charge in [0.05, 0.1) is 17.0 Å². The SMILES string of the molecule is CCCC(C)(N)C(=O)N(C)Cc1ccccc1[N+](=O)[O-]. The molecule has 110 valence electrons. The molecular formula is C14H21N3O3. The Morgan fingerprint density at radius 2 is 2.05 bits per heavy atom. The van der Waals surface area contributed by atoms with E-state index in [1.54, 1.807) is 32.2 Å². The van der Waals surface area contributed by atoms with E-state index in [4.69, 9.17) is 5.73 Å². The molecule has 6 nitrogen and oxygen atoms in total. The van der Waals surface area contributed by atoms with E-state index in [2.05, 4.69) is 0 Å². The molecule has 0 radical (unpaired) electrons. The number of hydrogen-bond acceptors (Lipinski definition) is 4. The van der Waals surface area contributed by atoms with E-state index in [1.807, 2.05) is 6.92 Å². The van der Waals surface area contributed by atoms with Crippen molar-refractivity contribution in [1.29, 1.82) is 0 Å². The normalized spacial score (nSPS) is 13.6. The molecule has 1 amide bonds. The molecule has 0 aliphatic heterocycles. The molecule has 0 saturated carbocycles. The van der Waals surface area contributed by atoms with Crippen LogP contribution in [0.5, 0.6) is 0 Å². The first-order valence-corrected chi connectivity index (χ1v) is 6.56. The maximum absolute atomic E-state index is 12.3. The van der Waals surface area contributed by atoms with Crippen molar-refractivity contribution < 1.29 is 9.72 Å². The predicted octanol–water partition coefficient (Wildman–Crippen LogP) is 2.07. The predicted molar refractivity (Wildman–Crippen MR) is 77.1 cm³/mol. The van der Waals surface area contributed by atoms with Gasteiger partial charge in [0.15, 0.2) is 0 Å². The highest BCUT2D eigenvalue weighted by molar-refractivity contribution is 5.85. The Morgan fingerprint density at radius 1 is 1.45 bits per heavy atom. The highest BCUT2D eigenvalue weighted by Gasteiger charge is 2.30. The van der Waals surface area contributed by atoms with Gasteiger partial charge in [0, 0.05) is 18.7 Å². The number of amides is 1. The number of benzene rings is 1. The van der Waals surface area contributed by atoms with Crippen molar-refractivity contribution in [3.05, 3.63) is 39.9 Å². The van der Waals surface area contributed by atoms with Crippen molar-refractivity contribution in [2.45, 2.75) is 38.8 Å². The molecule has 0 spiro atoms. The minimum absolute atomic E-state index is 0.0152. The van der Waals surface area contributed by atoms with Gasteiger partial charge in [-0.2, -0.15) is 0 Å². The molecule has 6 heteroatoms. The zero-order valence-electron chi connectivity index (χ0n) is 12.1. The lowest BCUT2D eigenvalue weighted by atomic mass is 9.95. The van der Waals surface area contributed by atoms with Crippen LogP contribution in [0.25, 0.3) is 0 Å². The first kappa shape index (κ1) is 16.1. The van der Waals surface area contributed by atoms with Crippen molar-refractivity contribution >= 4 is 11.6 Å². The van der Waals surface area contributed by atoms with Crippen molar-refractivity contribution in [2.75, 3.05) is 7.05 Å². The van der Waals surface area contributed by atoms with Crippen molar-refractivity contribution in [2.24, 2.45) is 5.73 Å². The Bertz CT molecular complexity index is 500. The molecule has 1 unspecified atom stereocenters. The van der Waals surface area contributed by atoms with E-state index in [1.165, 1.54) is 11.0 Å². The Kier molecular flexibility index (Phi) is 5.21. The van der Waals surface area contributed by atoms with Gasteiger partial charge in [-0.1, -0.05) is 31.5 Å². The molecule has 0 fully saturated rings. The van der Waals surface area contributed by atoms with E-state index in [-0.39, 0.29) is 18.1 Å². The minimum Gasteiger partial charge on any atom is -0.340 e. The van der Waals surface area contributed by atoms with Crippen LogP contribution < -0.4 is 5.73 Å². The second-order valence-electron chi connectivity index (χ2n) is 5.21. The second kappa shape index (κ2) is 6.47. The summed E-state index contributed by atoms with van der Waals surface area (Å²) in [5.74, 6) is -0.211. The zero-order chi connectivity index (χ0) is 15.3. The van der Waals surface area contributed by atoms with E-state index in [0.29, 0.717) is 12.0 Å². The number of carbonyl (C=O) groups is 1. The highest BCUT2D eigenvalue weighted by atomic mass is 16.6. The van der Waals surface area contributed by atoms with Gasteiger partial charge in [0.1, 0.15) is 0 Å². The van der Waals surface area contributed by atoms with Crippen LogP contribution >= 0.6 is 0 Å². The number of para-hydroxylation sites is 1. The zero-order valence-corrected chi connectivity index (χ0v) is 12.1. The third-order valence-corrected chi connectivity index (χ3v) is 3.20. The van der Waals surface area contributed by atoms with Crippen LogP contribution in [0.4, 0.5) is 5.69 Å². The summed E-state index contributed by atoms with van der Waals surface area (Å²) in [6, 6.07) is 6.40. The second-order valence-corrected chi connectivity index (χ2v) is 5.21. The molecule has 0 aliphatic carbocycles. The summed E-state index contributed by atoms with van der Waals surface area (Å²) in [4.78, 5) is 24.2. The molecule has 0 heterocycles. The summed E-state index contributed by atoms with van der Waals surface area (Å²) < 4.78 is 0. The number of nitro groups is 1. The van der Waals surface area contributed by atoms with Crippen LogP contribution in [-0.2, 0) is 11.3 Å². The van der Waals surface area contributed by atoms with Gasteiger partial charge in [-0.25, -0.2) is 0 Å². The number of likely N-dealkylation sites (N-methyl/N-ethyl adjacent to an activating group) is 1. The van der Waals surface area contributed by atoms with E-state index in [0.717, 1.165) is 6.42 Å². The summed E-state index contributed by atoms with van der Waals surface area (Å²) in [5.41, 5.74) is 5.58. The third-order valence-electron chi connectivity index (χ3n) is 3.20. The molecule has 0 saturated heterocycles. The topological polar surface area (TPSA) is 89.5 Å². The lowest BCUT2D eigenvalue weighted by Crippen LogP contribution is -2.51. The van der Waals surface area contributed by atoms with Gasteiger partial charge < -0.3 is 10.6 Å². The molecule has 2 N–H and O–H groups in total. The number of hydrogen-bond donors (Lipinski definition) is 1. The largest absolute Gasteiger partial charge is 0.340 e. The molecule has 1 rings (SSSR count). The standard InChI is InChI=1S/C14H21N3O3/c1-4-9-14(2,15)13(18)16(3)10-11-7-5-6-8-12(11)17(19)20/h5-8H,4,9-10,15H2,1-3H3. The fourth-order valence-electron chi connectivity index (χ4n) is 2.21. The summed E-state index contributed by atoms with van der Waals surface area (Å²) in [6.07, 6.45) is 1.38. The maximum atomic E-state index is 12.3. The lowest BCUT2D eigenvalue weighted by Gasteiger charge is -2.29. The van der Waals surface area contributed by atoms with Crippen molar-refractivity contribution in [1.82, 2.24) is 4.90 Å². The van der Waals surface area contributed by atoms with Crippen LogP contribution in [0.2, 0.25) is 0 Å². The lowest BCUT2D eigenvalue weighted by molar-refractivity contribution is -0.385. The van der Waals surface area contributed by atoms with Crippen LogP contribution in [0, 0.1) is 10.1 Å². The number of carbonyl (C=O) groups excluding carboxylic acids is 1. The van der Waals surface area contributed by atoms with E-state index < -0.39 is 10.5 Å². The molecule has 1 aromatic rings. The van der Waals surface area contributed by atoms with Gasteiger partial charge >= 0.3 is 0 Å². The molecule has 0 aromatic heterocycles. The van der Waals surface area contributed by atoms with Gasteiger partial charge in [0.2, 0.25) is 5.91 Å². The smallest absolute Gasteiger partial charge is 0.274 e. The number of rotatable bonds is 6. The summed E-state index contributed by atoms with van der Waals surface area (Å²) in [7, 11) is 1.61. The number of nitrogens with zero attached hydrogens (tertiary/aromatic N) is 2. The van der Waals surface area contributed by atoms with Crippen LogP contribution in [0.1, 0.15) is 32.3 Å². The Balaban J connectivity index is 2.89. The summed E-state index contributed by atoms with van der Waals surface area (Å²) >= 11 is 0. The summed E-state index contributed by atoms with van der Waals surface area (Å²) in [5, 5.41) is 10.9. The van der Waals surface area contributed by atoms with Crippen molar-refractivity contribution in [3.63, 3.8) is 0 Å². The van der Waals surface area contributed by atoms with Gasteiger partial charge in [0.25, 0.3) is 5.69 Å². The van der Waals surface area contributed by atoms with E-state index in [9.17, 15) is 14.9 Å². The first-order chi connectivity index (χ1) is 9.29. The third kappa shape index (κ3) is 3.77. The Hall–Kier alpha value is -1.95. The van der Waals surface area contributed by atoms with Crippen LogP contribution in [0.15, 0.2) is 24.3 Å². The Morgan fingerprint density at radius 3 is 2.60 bits per heavy atom. The fourth-order valence-corrected chi connectivity index (χ4v) is 2.21. The highest BCUT2D eigenvalue weighted by Crippen LogP contribution is 2.20. The molecule has 1 atom stereocenters.